The summed E-state index contributed by atoms with van der Waals surface area (Å²) in [7, 11) is 0. The molecule has 2 N–H and O–H groups in total. The Kier molecular flexibility index (Phi) is 7.23. The number of aromatic hydroxyl groups is 1. The van der Waals surface area contributed by atoms with Crippen LogP contribution < -0.4 is 10.2 Å². The number of benzene rings is 2. The monoisotopic (exact) mass is 448 g/mol. The van der Waals surface area contributed by atoms with E-state index in [-0.39, 0.29) is 11.7 Å². The van der Waals surface area contributed by atoms with Gasteiger partial charge in [0.05, 0.1) is 6.54 Å². The first kappa shape index (κ1) is 23.2. The molecule has 0 radical (unpaired) electrons. The van der Waals surface area contributed by atoms with Crippen molar-refractivity contribution in [3.8, 4) is 5.75 Å². The highest BCUT2D eigenvalue weighted by Gasteiger charge is 2.27. The maximum atomic E-state index is 13.0. The molecule has 176 valence electrons. The number of piperazine rings is 1. The van der Waals surface area contributed by atoms with Gasteiger partial charge in [0.1, 0.15) is 5.75 Å². The van der Waals surface area contributed by atoms with Gasteiger partial charge in [-0.15, -0.1) is 0 Å². The lowest BCUT2D eigenvalue weighted by atomic mass is 9.95. The van der Waals surface area contributed by atoms with Crippen molar-refractivity contribution in [1.29, 1.82) is 0 Å². The first-order valence-electron chi connectivity index (χ1n) is 12.0. The molecule has 1 unspecified atom stereocenters. The van der Waals surface area contributed by atoms with Crippen LogP contribution in [0.15, 0.2) is 54.7 Å². The lowest BCUT2D eigenvalue weighted by Gasteiger charge is -2.38. The summed E-state index contributed by atoms with van der Waals surface area (Å²) in [6.07, 6.45) is 2.14. The zero-order valence-corrected chi connectivity index (χ0v) is 19.9. The fourth-order valence-corrected chi connectivity index (χ4v) is 4.74. The number of carbonyl (C=O) groups excluding carboxylic acids is 1. The van der Waals surface area contributed by atoms with Crippen molar-refractivity contribution in [2.24, 2.45) is 5.92 Å². The predicted octanol–water partition coefficient (Wildman–Crippen LogP) is 4.00. The van der Waals surface area contributed by atoms with E-state index in [0.717, 1.165) is 63.5 Å². The lowest BCUT2D eigenvalue weighted by molar-refractivity contribution is -0.133. The molecule has 6 heteroatoms. The number of phenols is 1. The molecular formula is C27H36N4O2. The normalized spacial score (nSPS) is 19.4. The molecule has 1 atom stereocenters. The van der Waals surface area contributed by atoms with Crippen molar-refractivity contribution in [3.05, 3.63) is 65.9 Å². The van der Waals surface area contributed by atoms with Crippen LogP contribution in [0.3, 0.4) is 0 Å². The van der Waals surface area contributed by atoms with Gasteiger partial charge in [-0.2, -0.15) is 0 Å². The zero-order valence-electron chi connectivity index (χ0n) is 19.9. The Labute approximate surface area is 197 Å². The maximum absolute atomic E-state index is 13.0. The molecule has 4 rings (SSSR count). The summed E-state index contributed by atoms with van der Waals surface area (Å²) in [5, 5.41) is 12.8. The average molecular weight is 449 g/mol. The third-order valence-electron chi connectivity index (χ3n) is 7.02. The number of carbonyl (C=O) groups is 1. The minimum atomic E-state index is 0.229. The quantitative estimate of drug-likeness (QED) is 0.655. The number of phenolic OH excluding ortho intramolecular Hbond substituents is 1. The predicted molar refractivity (Wildman–Crippen MR) is 135 cm³/mol. The van der Waals surface area contributed by atoms with Gasteiger partial charge in [-0.05, 0) is 80.8 Å². The van der Waals surface area contributed by atoms with Gasteiger partial charge in [0, 0.05) is 55.7 Å². The van der Waals surface area contributed by atoms with E-state index < -0.39 is 0 Å². The number of amides is 1. The van der Waals surface area contributed by atoms with E-state index in [9.17, 15) is 9.90 Å². The molecule has 2 fully saturated rings. The highest BCUT2D eigenvalue weighted by atomic mass is 16.3. The summed E-state index contributed by atoms with van der Waals surface area (Å²) in [4.78, 5) is 19.7. The molecule has 0 aromatic heterocycles. The van der Waals surface area contributed by atoms with Gasteiger partial charge in [-0.25, -0.2) is 0 Å². The number of likely N-dealkylation sites (tertiary alicyclic amines) is 1. The van der Waals surface area contributed by atoms with E-state index in [1.165, 1.54) is 16.8 Å². The van der Waals surface area contributed by atoms with Crippen LogP contribution in [0.5, 0.6) is 5.75 Å². The molecule has 2 heterocycles. The number of nitrogens with zero attached hydrogens (tertiary/aromatic N) is 3. The topological polar surface area (TPSA) is 59.1 Å². The molecule has 2 saturated heterocycles. The first-order valence-corrected chi connectivity index (χ1v) is 12.0. The minimum absolute atomic E-state index is 0.229. The van der Waals surface area contributed by atoms with Gasteiger partial charge in [0.25, 0.3) is 0 Å². The van der Waals surface area contributed by atoms with Gasteiger partial charge in [-0.1, -0.05) is 12.6 Å². The number of hydrogen-bond acceptors (Lipinski definition) is 5. The summed E-state index contributed by atoms with van der Waals surface area (Å²) < 4.78 is 0. The summed E-state index contributed by atoms with van der Waals surface area (Å²) in [6.45, 7) is 14.1. The maximum Gasteiger partial charge on any atom is 0.236 e. The standard InChI is InChI=1S/C27H36N4O2/c1-20-6-9-25(17-21(20)2)30-13-15-31(16-14-30)27(33)19-29-12-4-5-23(18-29)22(3)28-24-7-10-26(32)11-8-24/h6-11,17,23,28,32H,3-5,12-16,18-19H2,1-2H3. The van der Waals surface area contributed by atoms with Crippen LogP contribution in [0.1, 0.15) is 24.0 Å². The SMILES string of the molecule is C=C(Nc1ccc(O)cc1)C1CCCN(CC(=O)N2CCN(c3ccc(C)c(C)c3)CC2)C1. The molecule has 0 aliphatic carbocycles. The molecule has 2 aromatic carbocycles. The van der Waals surface area contributed by atoms with E-state index in [1.54, 1.807) is 12.1 Å². The highest BCUT2D eigenvalue weighted by Crippen LogP contribution is 2.25. The fraction of sp³-hybridized carbons (Fsp3) is 0.444. The van der Waals surface area contributed by atoms with Gasteiger partial charge in [0.2, 0.25) is 5.91 Å². The number of anilines is 2. The Hall–Kier alpha value is -2.99. The van der Waals surface area contributed by atoms with Crippen molar-refractivity contribution < 1.29 is 9.90 Å². The van der Waals surface area contributed by atoms with Crippen molar-refractivity contribution in [3.63, 3.8) is 0 Å². The van der Waals surface area contributed by atoms with Crippen LogP contribution in [0, 0.1) is 19.8 Å². The van der Waals surface area contributed by atoms with Crippen LogP contribution in [0.2, 0.25) is 0 Å². The largest absolute Gasteiger partial charge is 0.508 e. The summed E-state index contributed by atoms with van der Waals surface area (Å²) >= 11 is 0. The summed E-state index contributed by atoms with van der Waals surface area (Å²) in [6, 6.07) is 13.7. The van der Waals surface area contributed by atoms with Crippen molar-refractivity contribution >= 4 is 17.3 Å². The number of aryl methyl sites for hydroxylation is 2. The van der Waals surface area contributed by atoms with Crippen LogP contribution in [0.4, 0.5) is 11.4 Å². The average Bonchev–Trinajstić information content (AvgIpc) is 2.82. The van der Waals surface area contributed by atoms with Gasteiger partial charge < -0.3 is 20.2 Å². The third kappa shape index (κ3) is 5.88. The number of nitrogens with one attached hydrogen (secondary N) is 1. The Morgan fingerprint density at radius 3 is 2.45 bits per heavy atom. The van der Waals surface area contributed by atoms with Crippen molar-refractivity contribution in [2.45, 2.75) is 26.7 Å². The van der Waals surface area contributed by atoms with Crippen LogP contribution in [-0.2, 0) is 4.79 Å². The van der Waals surface area contributed by atoms with E-state index >= 15 is 0 Å². The molecule has 6 nitrogen and oxygen atoms in total. The van der Waals surface area contributed by atoms with E-state index in [4.69, 9.17) is 0 Å². The second-order valence-electron chi connectivity index (χ2n) is 9.41. The summed E-state index contributed by atoms with van der Waals surface area (Å²) in [5.74, 6) is 0.790. The minimum Gasteiger partial charge on any atom is -0.508 e. The summed E-state index contributed by atoms with van der Waals surface area (Å²) in [5.41, 5.74) is 5.77. The Morgan fingerprint density at radius 1 is 1.03 bits per heavy atom. The molecule has 2 aromatic rings. The molecule has 0 spiro atoms. The number of piperidine rings is 1. The molecular weight excluding hydrogens is 412 g/mol. The van der Waals surface area contributed by atoms with Gasteiger partial charge in [-0.3, -0.25) is 9.69 Å². The Morgan fingerprint density at radius 2 is 1.76 bits per heavy atom. The first-order chi connectivity index (χ1) is 15.9. The van der Waals surface area contributed by atoms with Crippen LogP contribution in [0.25, 0.3) is 0 Å². The van der Waals surface area contributed by atoms with Crippen LogP contribution >= 0.6 is 0 Å². The van der Waals surface area contributed by atoms with E-state index in [2.05, 4.69) is 53.7 Å². The number of rotatable bonds is 6. The smallest absolute Gasteiger partial charge is 0.236 e. The highest BCUT2D eigenvalue weighted by molar-refractivity contribution is 5.78. The molecule has 1 amide bonds. The van der Waals surface area contributed by atoms with Crippen molar-refractivity contribution in [2.75, 3.05) is 56.0 Å². The molecule has 0 saturated carbocycles. The lowest BCUT2D eigenvalue weighted by Crippen LogP contribution is -2.52. The fourth-order valence-electron chi connectivity index (χ4n) is 4.74. The van der Waals surface area contributed by atoms with Gasteiger partial charge >= 0.3 is 0 Å². The Bertz CT molecular complexity index is 980. The number of hydrogen-bond donors (Lipinski definition) is 2. The van der Waals surface area contributed by atoms with E-state index in [0.29, 0.717) is 12.5 Å². The third-order valence-corrected chi connectivity index (χ3v) is 7.02. The molecule has 2 aliphatic heterocycles. The Balaban J connectivity index is 1.25. The second kappa shape index (κ2) is 10.3. The molecule has 2 aliphatic rings. The zero-order chi connectivity index (χ0) is 23.4. The second-order valence-corrected chi connectivity index (χ2v) is 9.41. The van der Waals surface area contributed by atoms with Crippen molar-refractivity contribution in [1.82, 2.24) is 9.80 Å². The molecule has 33 heavy (non-hydrogen) atoms. The van der Waals surface area contributed by atoms with Gasteiger partial charge in [0.15, 0.2) is 0 Å². The molecule has 0 bridgehead atoms. The van der Waals surface area contributed by atoms with Crippen LogP contribution in [-0.4, -0.2) is 66.6 Å². The van der Waals surface area contributed by atoms with E-state index in [1.807, 2.05) is 17.0 Å².